The average molecular weight is 355 g/mol. The summed E-state index contributed by atoms with van der Waals surface area (Å²) < 4.78 is 1.91. The lowest BCUT2D eigenvalue weighted by molar-refractivity contribution is 0.0957. The Morgan fingerprint density at radius 2 is 2.11 bits per heavy atom. The number of fused-ring (bicyclic) bond motifs is 3. The highest BCUT2D eigenvalue weighted by molar-refractivity contribution is 6.14. The number of rotatable bonds is 2. The monoisotopic (exact) mass is 355 g/mol. The number of carbonyl (C=O) groups is 1. The van der Waals surface area contributed by atoms with Crippen LogP contribution in [0.25, 0.3) is 5.69 Å². The molecule has 1 N–H and O–H groups in total. The van der Waals surface area contributed by atoms with E-state index in [-0.39, 0.29) is 11.9 Å². The first kappa shape index (κ1) is 16.7. The molecule has 132 valence electrons. The Morgan fingerprint density at radius 1 is 1.26 bits per heavy atom. The third-order valence-corrected chi connectivity index (χ3v) is 4.55. The van der Waals surface area contributed by atoms with Crippen molar-refractivity contribution in [2.24, 2.45) is 4.99 Å². The van der Waals surface area contributed by atoms with E-state index in [0.29, 0.717) is 5.69 Å². The lowest BCUT2D eigenvalue weighted by atomic mass is 10.0. The van der Waals surface area contributed by atoms with Gasteiger partial charge in [-0.15, -0.1) is 6.42 Å². The third kappa shape index (κ3) is 2.70. The van der Waals surface area contributed by atoms with E-state index in [4.69, 9.17) is 11.4 Å². The van der Waals surface area contributed by atoms with Crippen LogP contribution in [0.3, 0.4) is 0 Å². The van der Waals surface area contributed by atoms with Crippen molar-refractivity contribution in [3.63, 3.8) is 0 Å². The summed E-state index contributed by atoms with van der Waals surface area (Å²) in [5.74, 6) is 2.43. The van der Waals surface area contributed by atoms with Gasteiger partial charge in [-0.2, -0.15) is 0 Å². The minimum absolute atomic E-state index is 0.242. The van der Waals surface area contributed by atoms with Crippen LogP contribution in [0.5, 0.6) is 0 Å². The molecule has 0 saturated heterocycles. The van der Waals surface area contributed by atoms with Crippen LogP contribution >= 0.6 is 0 Å². The van der Waals surface area contributed by atoms with Crippen molar-refractivity contribution in [1.29, 1.82) is 0 Å². The number of aromatic nitrogens is 3. The van der Waals surface area contributed by atoms with Crippen molar-refractivity contribution in [3.8, 4) is 18.0 Å². The van der Waals surface area contributed by atoms with Gasteiger partial charge in [-0.25, -0.2) is 4.98 Å². The number of pyridine rings is 1. The molecule has 3 heterocycles. The van der Waals surface area contributed by atoms with Gasteiger partial charge in [0.1, 0.15) is 6.33 Å². The summed E-state index contributed by atoms with van der Waals surface area (Å²) in [7, 11) is 1.59. The van der Waals surface area contributed by atoms with Crippen LogP contribution in [0.1, 0.15) is 46.0 Å². The molecule has 1 atom stereocenters. The van der Waals surface area contributed by atoms with Crippen molar-refractivity contribution < 1.29 is 4.79 Å². The maximum atomic E-state index is 12.3. The Hall–Kier alpha value is -3.72. The molecule has 6 heteroatoms. The Bertz CT molecular complexity index is 1110. The minimum atomic E-state index is -0.293. The van der Waals surface area contributed by atoms with Crippen molar-refractivity contribution in [2.75, 3.05) is 7.05 Å². The molecule has 4 rings (SSSR count). The number of amides is 1. The predicted octanol–water partition coefficient (Wildman–Crippen LogP) is 2.52. The van der Waals surface area contributed by atoms with Gasteiger partial charge in [0.25, 0.3) is 5.91 Å². The molecule has 1 aromatic carbocycles. The Balaban J connectivity index is 2.03. The zero-order valence-corrected chi connectivity index (χ0v) is 15.0. The number of imidazole rings is 1. The van der Waals surface area contributed by atoms with Gasteiger partial charge in [0.15, 0.2) is 5.69 Å². The second-order valence-corrected chi connectivity index (χ2v) is 6.17. The number of hydrogen-bond acceptors (Lipinski definition) is 4. The zero-order chi connectivity index (χ0) is 19.0. The van der Waals surface area contributed by atoms with Crippen LogP contribution in [0.15, 0.2) is 53.9 Å². The molecule has 1 aliphatic rings. The van der Waals surface area contributed by atoms with Crippen molar-refractivity contribution in [2.45, 2.75) is 13.0 Å². The molecule has 0 aliphatic carbocycles. The van der Waals surface area contributed by atoms with E-state index in [0.717, 1.165) is 33.9 Å². The third-order valence-electron chi connectivity index (χ3n) is 4.55. The summed E-state index contributed by atoms with van der Waals surface area (Å²) >= 11 is 0. The summed E-state index contributed by atoms with van der Waals surface area (Å²) in [5, 5.41) is 2.64. The van der Waals surface area contributed by atoms with Gasteiger partial charge in [0.2, 0.25) is 0 Å². The molecular formula is C21H17N5O. The maximum absolute atomic E-state index is 12.3. The van der Waals surface area contributed by atoms with Crippen LogP contribution in [-0.4, -0.2) is 33.2 Å². The number of aliphatic imine (C=N–C) groups is 1. The lowest BCUT2D eigenvalue weighted by Gasteiger charge is -2.12. The fourth-order valence-corrected chi connectivity index (χ4v) is 3.30. The topological polar surface area (TPSA) is 72.2 Å². The number of nitrogens with zero attached hydrogens (tertiary/aromatic N) is 4. The van der Waals surface area contributed by atoms with Crippen LogP contribution in [0.2, 0.25) is 0 Å². The number of hydrogen-bond donors (Lipinski definition) is 1. The van der Waals surface area contributed by atoms with E-state index in [9.17, 15) is 4.79 Å². The van der Waals surface area contributed by atoms with Crippen molar-refractivity contribution >= 4 is 11.6 Å². The predicted molar refractivity (Wildman–Crippen MR) is 103 cm³/mol. The SMILES string of the molecule is C#Cc1ccc2c(c1)C(c1ccccn1)=N[C@H](C)c1c(C(=O)NC)ncn1-2. The summed E-state index contributed by atoms with van der Waals surface area (Å²) in [4.78, 5) is 26.0. The molecule has 0 fully saturated rings. The van der Waals surface area contributed by atoms with Crippen LogP contribution in [-0.2, 0) is 0 Å². The van der Waals surface area contributed by atoms with Gasteiger partial charge in [-0.3, -0.25) is 19.3 Å². The Kier molecular flexibility index (Phi) is 4.05. The molecule has 27 heavy (non-hydrogen) atoms. The molecule has 3 aromatic rings. The first-order valence-electron chi connectivity index (χ1n) is 8.54. The van der Waals surface area contributed by atoms with Crippen LogP contribution < -0.4 is 5.32 Å². The molecule has 1 amide bonds. The molecule has 0 saturated carbocycles. The maximum Gasteiger partial charge on any atom is 0.271 e. The second-order valence-electron chi connectivity index (χ2n) is 6.17. The standard InChI is InChI=1S/C21H17N5O/c1-4-14-8-9-17-15(11-14)18(16-7-5-6-10-23-16)25-13(2)20-19(21(27)22-3)24-12-26(17)20/h1,5-13H,2-3H3,(H,22,27)/t13-/m1/s1. The average Bonchev–Trinajstić information content (AvgIpc) is 3.12. The van der Waals surface area contributed by atoms with E-state index in [1.807, 2.05) is 47.9 Å². The van der Waals surface area contributed by atoms with Crippen molar-refractivity contribution in [1.82, 2.24) is 19.9 Å². The molecule has 6 nitrogen and oxygen atoms in total. The normalized spacial score (nSPS) is 15.0. The number of carbonyl (C=O) groups excluding carboxylic acids is 1. The summed E-state index contributed by atoms with van der Waals surface area (Å²) in [6.45, 7) is 1.94. The van der Waals surface area contributed by atoms with Gasteiger partial charge in [0, 0.05) is 24.4 Å². The van der Waals surface area contributed by atoms with Gasteiger partial charge in [-0.05, 0) is 37.3 Å². The smallest absolute Gasteiger partial charge is 0.271 e. The van der Waals surface area contributed by atoms with E-state index >= 15 is 0 Å². The summed E-state index contributed by atoms with van der Waals surface area (Å²) in [5.41, 5.74) is 5.05. The van der Waals surface area contributed by atoms with Gasteiger partial charge in [-0.1, -0.05) is 12.0 Å². The Morgan fingerprint density at radius 3 is 2.81 bits per heavy atom. The van der Waals surface area contributed by atoms with E-state index in [1.165, 1.54) is 0 Å². The number of benzene rings is 1. The zero-order valence-electron chi connectivity index (χ0n) is 15.0. The van der Waals surface area contributed by atoms with E-state index in [2.05, 4.69) is 21.2 Å². The molecule has 2 aromatic heterocycles. The molecular weight excluding hydrogens is 338 g/mol. The highest BCUT2D eigenvalue weighted by Crippen LogP contribution is 2.32. The highest BCUT2D eigenvalue weighted by atomic mass is 16.1. The first-order valence-corrected chi connectivity index (χ1v) is 8.54. The fourth-order valence-electron chi connectivity index (χ4n) is 3.30. The minimum Gasteiger partial charge on any atom is -0.354 e. The Labute approximate surface area is 157 Å². The molecule has 0 bridgehead atoms. The molecule has 1 aliphatic heterocycles. The van der Waals surface area contributed by atoms with Gasteiger partial charge >= 0.3 is 0 Å². The van der Waals surface area contributed by atoms with Crippen LogP contribution in [0.4, 0.5) is 0 Å². The quantitative estimate of drug-likeness (QED) is 0.718. The van der Waals surface area contributed by atoms with Gasteiger partial charge < -0.3 is 5.32 Å². The molecule has 0 spiro atoms. The fraction of sp³-hybridized carbons (Fsp3) is 0.143. The summed E-state index contributed by atoms with van der Waals surface area (Å²) in [6.07, 6.45) is 9.00. The van der Waals surface area contributed by atoms with Gasteiger partial charge in [0.05, 0.1) is 28.8 Å². The van der Waals surface area contributed by atoms with E-state index < -0.39 is 0 Å². The molecule has 0 unspecified atom stereocenters. The number of terminal acetylenes is 1. The summed E-state index contributed by atoms with van der Waals surface area (Å²) in [6, 6.07) is 11.1. The van der Waals surface area contributed by atoms with Crippen LogP contribution in [0, 0.1) is 12.3 Å². The second kappa shape index (κ2) is 6.54. The largest absolute Gasteiger partial charge is 0.354 e. The highest BCUT2D eigenvalue weighted by Gasteiger charge is 2.28. The van der Waals surface area contributed by atoms with Crippen molar-refractivity contribution in [3.05, 3.63) is 77.1 Å². The van der Waals surface area contributed by atoms with E-state index in [1.54, 1.807) is 19.6 Å². The molecule has 0 radical (unpaired) electrons. The number of nitrogens with one attached hydrogen (secondary N) is 1. The first-order chi connectivity index (χ1) is 13.1. The lowest BCUT2D eigenvalue weighted by Crippen LogP contribution is -2.20.